The van der Waals surface area contributed by atoms with Crippen molar-refractivity contribution in [2.75, 3.05) is 10.6 Å². The molecular formula is C21H23ClN6O. The molecule has 2 aromatic heterocycles. The van der Waals surface area contributed by atoms with Crippen LogP contribution < -0.4 is 22.1 Å². The Kier molecular flexibility index (Phi) is 5.51. The molecule has 4 rings (SSSR count). The second-order valence-corrected chi connectivity index (χ2v) is 7.73. The molecular weight excluding hydrogens is 388 g/mol. The van der Waals surface area contributed by atoms with E-state index in [4.69, 9.17) is 23.1 Å². The molecule has 1 amide bonds. The fourth-order valence-electron chi connectivity index (χ4n) is 3.66. The molecule has 1 aliphatic rings. The van der Waals surface area contributed by atoms with Crippen LogP contribution in [0.1, 0.15) is 36.0 Å². The van der Waals surface area contributed by atoms with E-state index in [1.165, 1.54) is 6.07 Å². The van der Waals surface area contributed by atoms with Gasteiger partial charge in [-0.25, -0.2) is 4.98 Å². The maximum atomic E-state index is 12.0. The van der Waals surface area contributed by atoms with Gasteiger partial charge in [0.15, 0.2) is 0 Å². The quantitative estimate of drug-likeness (QED) is 0.507. The topological polar surface area (TPSA) is 119 Å². The third kappa shape index (κ3) is 4.26. The molecule has 1 aliphatic carbocycles. The number of carbonyl (C=O) groups excluding carboxylic acids is 1. The molecule has 0 saturated heterocycles. The van der Waals surface area contributed by atoms with Gasteiger partial charge < -0.3 is 22.1 Å². The van der Waals surface area contributed by atoms with E-state index in [-0.39, 0.29) is 17.6 Å². The summed E-state index contributed by atoms with van der Waals surface area (Å²) < 4.78 is 0. The van der Waals surface area contributed by atoms with Gasteiger partial charge in [0.1, 0.15) is 11.6 Å². The summed E-state index contributed by atoms with van der Waals surface area (Å²) in [6.07, 6.45) is 5.84. The monoisotopic (exact) mass is 410 g/mol. The predicted octanol–water partition coefficient (Wildman–Crippen LogP) is 3.81. The van der Waals surface area contributed by atoms with Gasteiger partial charge in [-0.15, -0.1) is 0 Å². The van der Waals surface area contributed by atoms with E-state index >= 15 is 0 Å². The molecule has 1 unspecified atom stereocenters. The first-order valence-corrected chi connectivity index (χ1v) is 10.0. The van der Waals surface area contributed by atoms with Crippen LogP contribution in [-0.4, -0.2) is 28.0 Å². The van der Waals surface area contributed by atoms with Crippen molar-refractivity contribution in [1.82, 2.24) is 9.97 Å². The molecule has 1 aromatic carbocycles. The lowest BCUT2D eigenvalue weighted by Crippen LogP contribution is -2.42. The number of fused-ring (bicyclic) bond motifs is 1. The number of nitrogens with zero attached hydrogens (tertiary/aromatic N) is 2. The summed E-state index contributed by atoms with van der Waals surface area (Å²) in [5.74, 6) is 0.192. The highest BCUT2D eigenvalue weighted by Gasteiger charge is 2.24. The summed E-state index contributed by atoms with van der Waals surface area (Å²) in [4.78, 5) is 20.9. The van der Waals surface area contributed by atoms with E-state index in [1.54, 1.807) is 6.20 Å². The highest BCUT2D eigenvalue weighted by molar-refractivity contribution is 6.33. The Morgan fingerprint density at radius 3 is 2.72 bits per heavy atom. The van der Waals surface area contributed by atoms with Gasteiger partial charge in [-0.2, -0.15) is 0 Å². The third-order valence-electron chi connectivity index (χ3n) is 5.24. The van der Waals surface area contributed by atoms with Crippen LogP contribution in [0.25, 0.3) is 10.9 Å². The number of carbonyl (C=O) groups is 1. The molecule has 8 heteroatoms. The number of pyridine rings is 2. The van der Waals surface area contributed by atoms with E-state index in [0.29, 0.717) is 22.3 Å². The van der Waals surface area contributed by atoms with E-state index in [1.807, 2.05) is 30.3 Å². The van der Waals surface area contributed by atoms with Crippen molar-refractivity contribution in [3.05, 3.63) is 53.2 Å². The lowest BCUT2D eigenvalue weighted by molar-refractivity contribution is 0.100. The Hall–Kier alpha value is -2.90. The van der Waals surface area contributed by atoms with Gasteiger partial charge in [-0.1, -0.05) is 42.6 Å². The van der Waals surface area contributed by atoms with E-state index < -0.39 is 5.91 Å². The zero-order valence-electron chi connectivity index (χ0n) is 15.9. The minimum atomic E-state index is -0.614. The normalized spacial score (nSPS) is 19.1. The predicted molar refractivity (Wildman–Crippen MR) is 117 cm³/mol. The van der Waals surface area contributed by atoms with Crippen molar-refractivity contribution < 1.29 is 4.79 Å². The molecule has 0 aliphatic heterocycles. The van der Waals surface area contributed by atoms with Crippen LogP contribution in [0, 0.1) is 0 Å². The number of primary amides is 1. The minimum absolute atomic E-state index is 0.0403. The first-order valence-electron chi connectivity index (χ1n) is 9.65. The third-order valence-corrected chi connectivity index (χ3v) is 5.52. The number of rotatable bonds is 5. The van der Waals surface area contributed by atoms with Gasteiger partial charge in [0, 0.05) is 17.5 Å². The van der Waals surface area contributed by atoms with Gasteiger partial charge in [-0.05, 0) is 31.0 Å². The first kappa shape index (κ1) is 19.4. The molecule has 7 nitrogen and oxygen atoms in total. The molecule has 1 fully saturated rings. The van der Waals surface area contributed by atoms with E-state index in [0.717, 1.165) is 36.6 Å². The van der Waals surface area contributed by atoms with Crippen molar-refractivity contribution in [2.24, 2.45) is 11.5 Å². The Morgan fingerprint density at radius 1 is 1.14 bits per heavy atom. The molecule has 2 heterocycles. The summed E-state index contributed by atoms with van der Waals surface area (Å²) >= 11 is 6.38. The number of nitrogens with two attached hydrogens (primary N) is 2. The minimum Gasteiger partial charge on any atom is -0.365 e. The largest absolute Gasteiger partial charge is 0.365 e. The number of hydrogen-bond donors (Lipinski definition) is 4. The average molecular weight is 411 g/mol. The second-order valence-electron chi connectivity index (χ2n) is 7.32. The smallest absolute Gasteiger partial charge is 0.252 e. The lowest BCUT2D eigenvalue weighted by atomic mass is 9.91. The molecule has 0 bridgehead atoms. The lowest BCUT2D eigenvalue weighted by Gasteiger charge is -2.30. The van der Waals surface area contributed by atoms with Gasteiger partial charge in [0.2, 0.25) is 0 Å². The maximum absolute atomic E-state index is 12.0. The number of para-hydroxylation sites is 1. The van der Waals surface area contributed by atoms with Gasteiger partial charge >= 0.3 is 0 Å². The Balaban J connectivity index is 1.67. The van der Waals surface area contributed by atoms with Crippen molar-refractivity contribution >= 4 is 45.7 Å². The van der Waals surface area contributed by atoms with Crippen molar-refractivity contribution in [3.8, 4) is 0 Å². The number of amides is 1. The van der Waals surface area contributed by atoms with Crippen LogP contribution in [-0.2, 0) is 0 Å². The standard InChI is InChI=1S/C21H23ClN6O/c22-15-10-14(19(24)29)20(28-21(15)27-18-8-4-2-6-16(18)23)26-13-9-12-5-1-3-7-17(12)25-11-13/h1,3,5,7,9-11,16,18H,2,4,6,8,23H2,(H2,24,29)(H2,26,27,28)/t16-,18?/m0/s1. The molecule has 29 heavy (non-hydrogen) atoms. The van der Waals surface area contributed by atoms with Crippen LogP contribution in [0.15, 0.2) is 42.6 Å². The molecule has 6 N–H and O–H groups in total. The first-order chi connectivity index (χ1) is 14.0. The van der Waals surface area contributed by atoms with Crippen molar-refractivity contribution in [2.45, 2.75) is 37.8 Å². The molecule has 150 valence electrons. The number of hydrogen-bond acceptors (Lipinski definition) is 6. The van der Waals surface area contributed by atoms with Gasteiger partial charge in [0.25, 0.3) is 5.91 Å². The Labute approximate surface area is 173 Å². The zero-order valence-corrected chi connectivity index (χ0v) is 16.6. The highest BCUT2D eigenvalue weighted by atomic mass is 35.5. The highest BCUT2D eigenvalue weighted by Crippen LogP contribution is 2.30. The SMILES string of the molecule is NC(=O)c1cc(Cl)c(NC2CCCC[C@@H]2N)nc1Nc1cnc2ccccc2c1. The molecule has 3 aromatic rings. The number of aromatic nitrogens is 2. The molecule has 2 atom stereocenters. The summed E-state index contributed by atoms with van der Waals surface area (Å²) in [6.45, 7) is 0. The summed E-state index contributed by atoms with van der Waals surface area (Å²) in [5, 5.41) is 7.81. The second kappa shape index (κ2) is 8.23. The van der Waals surface area contributed by atoms with Gasteiger partial charge in [-0.3, -0.25) is 9.78 Å². The van der Waals surface area contributed by atoms with Crippen LogP contribution >= 0.6 is 11.6 Å². The fraction of sp³-hybridized carbons (Fsp3) is 0.286. The van der Waals surface area contributed by atoms with Crippen LogP contribution in [0.2, 0.25) is 5.02 Å². The van der Waals surface area contributed by atoms with Crippen LogP contribution in [0.5, 0.6) is 0 Å². The number of benzene rings is 1. The zero-order chi connectivity index (χ0) is 20.4. The summed E-state index contributed by atoms with van der Waals surface area (Å²) in [6, 6.07) is 11.4. The molecule has 1 saturated carbocycles. The molecule has 0 spiro atoms. The van der Waals surface area contributed by atoms with Crippen molar-refractivity contribution in [3.63, 3.8) is 0 Å². The van der Waals surface area contributed by atoms with E-state index in [9.17, 15) is 4.79 Å². The fourth-order valence-corrected chi connectivity index (χ4v) is 3.87. The van der Waals surface area contributed by atoms with Crippen molar-refractivity contribution in [1.29, 1.82) is 0 Å². The summed E-state index contributed by atoms with van der Waals surface area (Å²) in [5.41, 5.74) is 13.6. The van der Waals surface area contributed by atoms with E-state index in [2.05, 4.69) is 20.6 Å². The number of anilines is 3. The molecule has 0 radical (unpaired) electrons. The average Bonchev–Trinajstić information content (AvgIpc) is 2.71. The van der Waals surface area contributed by atoms with Crippen LogP contribution in [0.3, 0.4) is 0 Å². The number of halogens is 1. The Morgan fingerprint density at radius 2 is 1.93 bits per heavy atom. The summed E-state index contributed by atoms with van der Waals surface area (Å²) in [7, 11) is 0. The van der Waals surface area contributed by atoms with Gasteiger partial charge in [0.05, 0.1) is 28.0 Å². The number of nitrogens with one attached hydrogen (secondary N) is 2. The Bertz CT molecular complexity index is 1060. The maximum Gasteiger partial charge on any atom is 0.252 e. The van der Waals surface area contributed by atoms with Crippen LogP contribution in [0.4, 0.5) is 17.3 Å².